The molecule has 0 radical (unpaired) electrons. The van der Waals surface area contributed by atoms with Crippen molar-refractivity contribution in [1.82, 2.24) is 0 Å². The van der Waals surface area contributed by atoms with E-state index in [-0.39, 0.29) is 12.0 Å². The van der Waals surface area contributed by atoms with Crippen molar-refractivity contribution in [2.45, 2.75) is 46.5 Å². The highest BCUT2D eigenvalue weighted by Crippen LogP contribution is 2.36. The van der Waals surface area contributed by atoms with Gasteiger partial charge < -0.3 is 19.7 Å². The van der Waals surface area contributed by atoms with Crippen molar-refractivity contribution < 1.29 is 19.7 Å². The van der Waals surface area contributed by atoms with Crippen molar-refractivity contribution in [3.63, 3.8) is 0 Å². The Morgan fingerprint density at radius 2 is 1.88 bits per heavy atom. The predicted octanol–water partition coefficient (Wildman–Crippen LogP) is 1.16. The largest absolute Gasteiger partial charge is 0.396 e. The van der Waals surface area contributed by atoms with Gasteiger partial charge >= 0.3 is 0 Å². The maximum atomic E-state index is 9.76. The zero-order valence-corrected chi connectivity index (χ0v) is 10.7. The molecular formula is C12H24O4. The molecule has 0 aromatic heterocycles. The Balaban J connectivity index is 2.63. The Hall–Kier alpha value is -0.160. The average molecular weight is 232 g/mol. The summed E-state index contributed by atoms with van der Waals surface area (Å²) in [6.45, 7) is 8.58. The van der Waals surface area contributed by atoms with Crippen LogP contribution in [-0.4, -0.2) is 42.4 Å². The third-order valence-electron chi connectivity index (χ3n) is 3.68. The van der Waals surface area contributed by atoms with Crippen molar-refractivity contribution in [2.75, 3.05) is 19.8 Å². The van der Waals surface area contributed by atoms with Crippen LogP contribution < -0.4 is 0 Å². The summed E-state index contributed by atoms with van der Waals surface area (Å²) >= 11 is 0. The standard InChI is InChI=1S/C12H24O4/c1-5-12(9(2)14)7-15-10(16-8-12)11(3,4)6-13/h9-10,13-14H,5-8H2,1-4H3. The second-order valence-electron chi connectivity index (χ2n) is 5.49. The summed E-state index contributed by atoms with van der Waals surface area (Å²) in [5.41, 5.74) is -0.708. The molecule has 1 fully saturated rings. The molecule has 1 unspecified atom stereocenters. The van der Waals surface area contributed by atoms with E-state index in [1.165, 1.54) is 0 Å². The second kappa shape index (κ2) is 5.00. The molecule has 0 bridgehead atoms. The second-order valence-corrected chi connectivity index (χ2v) is 5.49. The van der Waals surface area contributed by atoms with Crippen LogP contribution in [-0.2, 0) is 9.47 Å². The molecule has 0 spiro atoms. The Bertz CT molecular complexity index is 217. The van der Waals surface area contributed by atoms with Gasteiger partial charge in [-0.05, 0) is 13.3 Å². The fraction of sp³-hybridized carbons (Fsp3) is 1.00. The van der Waals surface area contributed by atoms with Gasteiger partial charge in [0.25, 0.3) is 0 Å². The van der Waals surface area contributed by atoms with Crippen LogP contribution in [0.4, 0.5) is 0 Å². The lowest BCUT2D eigenvalue weighted by Crippen LogP contribution is -2.52. The Morgan fingerprint density at radius 1 is 1.38 bits per heavy atom. The average Bonchev–Trinajstić information content (AvgIpc) is 2.28. The van der Waals surface area contributed by atoms with Crippen LogP contribution in [0.15, 0.2) is 0 Å². The molecule has 2 N–H and O–H groups in total. The first kappa shape index (κ1) is 13.9. The lowest BCUT2D eigenvalue weighted by molar-refractivity contribution is -0.287. The number of rotatable bonds is 4. The van der Waals surface area contributed by atoms with Crippen LogP contribution in [0.1, 0.15) is 34.1 Å². The van der Waals surface area contributed by atoms with Crippen LogP contribution in [0.3, 0.4) is 0 Å². The summed E-state index contributed by atoms with van der Waals surface area (Å²) < 4.78 is 11.3. The van der Waals surface area contributed by atoms with Gasteiger partial charge in [0, 0.05) is 10.8 Å². The highest BCUT2D eigenvalue weighted by molar-refractivity contribution is 4.87. The van der Waals surface area contributed by atoms with E-state index in [1.807, 2.05) is 20.8 Å². The smallest absolute Gasteiger partial charge is 0.164 e. The van der Waals surface area contributed by atoms with Gasteiger partial charge in [0.05, 0.1) is 25.9 Å². The first-order chi connectivity index (χ1) is 7.38. The first-order valence-electron chi connectivity index (χ1n) is 5.90. The molecule has 0 saturated carbocycles. The molecule has 96 valence electrons. The number of ether oxygens (including phenoxy) is 2. The third-order valence-corrected chi connectivity index (χ3v) is 3.68. The van der Waals surface area contributed by atoms with Crippen LogP contribution in [0.25, 0.3) is 0 Å². The van der Waals surface area contributed by atoms with Gasteiger partial charge in [-0.15, -0.1) is 0 Å². The molecule has 1 aliphatic rings. The predicted molar refractivity (Wildman–Crippen MR) is 61.0 cm³/mol. The highest BCUT2D eigenvalue weighted by atomic mass is 16.7. The van der Waals surface area contributed by atoms with E-state index in [4.69, 9.17) is 9.47 Å². The Morgan fingerprint density at radius 3 is 2.19 bits per heavy atom. The molecule has 1 heterocycles. The molecule has 1 saturated heterocycles. The lowest BCUT2D eigenvalue weighted by atomic mass is 9.80. The van der Waals surface area contributed by atoms with Crippen LogP contribution in [0.5, 0.6) is 0 Å². The summed E-state index contributed by atoms with van der Waals surface area (Å²) in [5, 5.41) is 19.0. The molecule has 0 aliphatic carbocycles. The summed E-state index contributed by atoms with van der Waals surface area (Å²) in [6.07, 6.45) is -0.0247. The minimum absolute atomic E-state index is 0.0193. The number of hydrogen-bond acceptors (Lipinski definition) is 4. The third kappa shape index (κ3) is 2.56. The summed E-state index contributed by atoms with van der Waals surface area (Å²) in [6, 6.07) is 0. The SMILES string of the molecule is CCC1(C(C)O)COC(C(C)(C)CO)OC1. The fourth-order valence-corrected chi connectivity index (χ4v) is 1.84. The molecule has 1 atom stereocenters. The monoisotopic (exact) mass is 232 g/mol. The van der Waals surface area contributed by atoms with Crippen molar-refractivity contribution in [3.05, 3.63) is 0 Å². The molecule has 0 aromatic rings. The quantitative estimate of drug-likeness (QED) is 0.763. The van der Waals surface area contributed by atoms with E-state index < -0.39 is 17.8 Å². The van der Waals surface area contributed by atoms with Gasteiger partial charge in [0.2, 0.25) is 0 Å². The first-order valence-corrected chi connectivity index (χ1v) is 5.90. The normalized spacial score (nSPS) is 33.8. The molecule has 16 heavy (non-hydrogen) atoms. The number of hydrogen-bond donors (Lipinski definition) is 2. The molecule has 1 rings (SSSR count). The van der Waals surface area contributed by atoms with Crippen molar-refractivity contribution in [1.29, 1.82) is 0 Å². The molecule has 0 amide bonds. The van der Waals surface area contributed by atoms with E-state index in [9.17, 15) is 10.2 Å². The van der Waals surface area contributed by atoms with E-state index in [1.54, 1.807) is 6.92 Å². The lowest BCUT2D eigenvalue weighted by Gasteiger charge is -2.45. The van der Waals surface area contributed by atoms with Gasteiger partial charge in [0.1, 0.15) is 0 Å². The van der Waals surface area contributed by atoms with Crippen molar-refractivity contribution >= 4 is 0 Å². The van der Waals surface area contributed by atoms with Gasteiger partial charge in [-0.1, -0.05) is 20.8 Å². The maximum absolute atomic E-state index is 9.76. The zero-order valence-electron chi connectivity index (χ0n) is 10.7. The highest BCUT2D eigenvalue weighted by Gasteiger charge is 2.43. The molecule has 1 aliphatic heterocycles. The maximum Gasteiger partial charge on any atom is 0.164 e. The van der Waals surface area contributed by atoms with Gasteiger partial charge in [-0.25, -0.2) is 0 Å². The number of aliphatic hydroxyl groups excluding tert-OH is 2. The summed E-state index contributed by atoms with van der Waals surface area (Å²) in [7, 11) is 0. The van der Waals surface area contributed by atoms with Crippen molar-refractivity contribution in [2.24, 2.45) is 10.8 Å². The van der Waals surface area contributed by atoms with E-state index in [0.717, 1.165) is 6.42 Å². The Kier molecular flexibility index (Phi) is 4.35. The number of aliphatic hydroxyl groups is 2. The van der Waals surface area contributed by atoms with Gasteiger partial charge in [-0.2, -0.15) is 0 Å². The summed E-state index contributed by atoms with van der Waals surface area (Å²) in [4.78, 5) is 0. The van der Waals surface area contributed by atoms with E-state index >= 15 is 0 Å². The van der Waals surface area contributed by atoms with Gasteiger partial charge in [0.15, 0.2) is 6.29 Å². The van der Waals surface area contributed by atoms with Crippen LogP contribution in [0.2, 0.25) is 0 Å². The molecule has 4 heteroatoms. The Labute approximate surface area is 97.6 Å². The topological polar surface area (TPSA) is 58.9 Å². The van der Waals surface area contributed by atoms with Crippen LogP contribution in [0, 0.1) is 10.8 Å². The minimum Gasteiger partial charge on any atom is -0.396 e. The fourth-order valence-electron chi connectivity index (χ4n) is 1.84. The van der Waals surface area contributed by atoms with Gasteiger partial charge in [-0.3, -0.25) is 0 Å². The van der Waals surface area contributed by atoms with Crippen LogP contribution >= 0.6 is 0 Å². The molecule has 0 aromatic carbocycles. The zero-order chi connectivity index (χ0) is 12.4. The van der Waals surface area contributed by atoms with E-state index in [0.29, 0.717) is 13.2 Å². The summed E-state index contributed by atoms with van der Waals surface area (Å²) in [5.74, 6) is 0. The molecule has 4 nitrogen and oxygen atoms in total. The van der Waals surface area contributed by atoms with E-state index in [2.05, 4.69) is 0 Å². The van der Waals surface area contributed by atoms with Crippen molar-refractivity contribution in [3.8, 4) is 0 Å². The molecular weight excluding hydrogens is 208 g/mol. The minimum atomic E-state index is -0.448.